The SMILES string of the molecule is CNCC(=O)c1cn(C)c2c(OC)cccc12. The molecule has 0 aliphatic carbocycles. The molecule has 0 fully saturated rings. The number of fused-ring (bicyclic) bond motifs is 1. The van der Waals surface area contributed by atoms with Crippen molar-refractivity contribution in [3.63, 3.8) is 0 Å². The summed E-state index contributed by atoms with van der Waals surface area (Å²) in [6.45, 7) is 0.344. The first-order valence-corrected chi connectivity index (χ1v) is 5.49. The van der Waals surface area contributed by atoms with Gasteiger partial charge in [0.2, 0.25) is 0 Å². The van der Waals surface area contributed by atoms with Gasteiger partial charge < -0.3 is 14.6 Å². The molecule has 0 aliphatic heterocycles. The summed E-state index contributed by atoms with van der Waals surface area (Å²) in [6, 6.07) is 5.74. The third-order valence-corrected chi connectivity index (χ3v) is 2.82. The minimum Gasteiger partial charge on any atom is -0.495 e. The molecular weight excluding hydrogens is 216 g/mol. The molecule has 0 spiro atoms. The number of ketones is 1. The van der Waals surface area contributed by atoms with Crippen LogP contribution in [0.25, 0.3) is 10.9 Å². The second-order valence-corrected chi connectivity index (χ2v) is 3.96. The molecule has 1 N–H and O–H groups in total. The second kappa shape index (κ2) is 4.59. The predicted octanol–water partition coefficient (Wildman–Crippen LogP) is 1.59. The summed E-state index contributed by atoms with van der Waals surface area (Å²) in [5.74, 6) is 0.875. The van der Waals surface area contributed by atoms with Crippen molar-refractivity contribution >= 4 is 16.7 Å². The third kappa shape index (κ3) is 1.91. The molecule has 1 heterocycles. The first-order chi connectivity index (χ1) is 8.19. The maximum Gasteiger partial charge on any atom is 0.178 e. The molecule has 0 aliphatic rings. The molecule has 0 saturated heterocycles. The number of carbonyl (C=O) groups excluding carboxylic acids is 1. The van der Waals surface area contributed by atoms with Crippen molar-refractivity contribution in [3.05, 3.63) is 30.0 Å². The molecule has 1 aromatic carbocycles. The minimum absolute atomic E-state index is 0.0892. The molecule has 0 saturated carbocycles. The summed E-state index contributed by atoms with van der Waals surface area (Å²) < 4.78 is 7.24. The smallest absolute Gasteiger partial charge is 0.178 e. The number of carbonyl (C=O) groups is 1. The Labute approximate surface area is 100 Å². The van der Waals surface area contributed by atoms with E-state index in [-0.39, 0.29) is 5.78 Å². The molecule has 0 atom stereocenters. The highest BCUT2D eigenvalue weighted by Gasteiger charge is 2.15. The van der Waals surface area contributed by atoms with Crippen LogP contribution >= 0.6 is 0 Å². The quantitative estimate of drug-likeness (QED) is 0.814. The molecular formula is C13H16N2O2. The lowest BCUT2D eigenvalue weighted by atomic mass is 10.1. The number of likely N-dealkylation sites (N-methyl/N-ethyl adjacent to an activating group) is 1. The zero-order valence-electron chi connectivity index (χ0n) is 10.3. The lowest BCUT2D eigenvalue weighted by Crippen LogP contribution is -2.18. The van der Waals surface area contributed by atoms with E-state index in [0.717, 1.165) is 22.2 Å². The van der Waals surface area contributed by atoms with Crippen LogP contribution in [0.1, 0.15) is 10.4 Å². The maximum atomic E-state index is 12.0. The summed E-state index contributed by atoms with van der Waals surface area (Å²) >= 11 is 0. The average Bonchev–Trinajstić information content (AvgIpc) is 2.67. The number of ether oxygens (including phenoxy) is 1. The van der Waals surface area contributed by atoms with Gasteiger partial charge in [-0.3, -0.25) is 4.79 Å². The van der Waals surface area contributed by atoms with Gasteiger partial charge in [0.05, 0.1) is 19.2 Å². The fourth-order valence-electron chi connectivity index (χ4n) is 2.07. The highest BCUT2D eigenvalue weighted by atomic mass is 16.5. The molecule has 2 aromatic rings. The molecule has 1 aromatic heterocycles. The van der Waals surface area contributed by atoms with E-state index in [1.165, 1.54) is 0 Å². The van der Waals surface area contributed by atoms with Crippen LogP contribution in [-0.2, 0) is 7.05 Å². The van der Waals surface area contributed by atoms with E-state index in [2.05, 4.69) is 5.32 Å². The molecule has 4 heteroatoms. The van der Waals surface area contributed by atoms with Crippen LogP contribution in [0.3, 0.4) is 0 Å². The first-order valence-electron chi connectivity index (χ1n) is 5.49. The molecule has 4 nitrogen and oxygen atoms in total. The molecule has 0 amide bonds. The Morgan fingerprint density at radius 3 is 2.88 bits per heavy atom. The molecule has 17 heavy (non-hydrogen) atoms. The van der Waals surface area contributed by atoms with E-state index >= 15 is 0 Å². The van der Waals surface area contributed by atoms with Gasteiger partial charge in [-0.25, -0.2) is 0 Å². The number of benzene rings is 1. The summed E-state index contributed by atoms with van der Waals surface area (Å²) in [7, 11) is 5.32. The van der Waals surface area contributed by atoms with Gasteiger partial charge in [-0.1, -0.05) is 12.1 Å². The van der Waals surface area contributed by atoms with Gasteiger partial charge in [0.25, 0.3) is 0 Å². The van der Waals surface area contributed by atoms with Crippen LogP contribution in [0.2, 0.25) is 0 Å². The van der Waals surface area contributed by atoms with Gasteiger partial charge in [0.15, 0.2) is 5.78 Å². The van der Waals surface area contributed by atoms with Crippen LogP contribution < -0.4 is 10.1 Å². The van der Waals surface area contributed by atoms with E-state index in [4.69, 9.17) is 4.74 Å². The van der Waals surface area contributed by atoms with E-state index in [0.29, 0.717) is 6.54 Å². The van der Waals surface area contributed by atoms with Crippen molar-refractivity contribution in [1.82, 2.24) is 9.88 Å². The van der Waals surface area contributed by atoms with E-state index in [9.17, 15) is 4.79 Å². The normalized spacial score (nSPS) is 10.8. The van der Waals surface area contributed by atoms with Gasteiger partial charge in [-0.05, 0) is 13.1 Å². The topological polar surface area (TPSA) is 43.3 Å². The van der Waals surface area contributed by atoms with Crippen molar-refractivity contribution in [1.29, 1.82) is 0 Å². The molecule has 2 rings (SSSR count). The fourth-order valence-corrected chi connectivity index (χ4v) is 2.07. The zero-order valence-corrected chi connectivity index (χ0v) is 10.3. The highest BCUT2D eigenvalue weighted by Crippen LogP contribution is 2.29. The largest absolute Gasteiger partial charge is 0.495 e. The zero-order chi connectivity index (χ0) is 12.4. The molecule has 0 radical (unpaired) electrons. The van der Waals surface area contributed by atoms with Gasteiger partial charge in [0.1, 0.15) is 5.75 Å². The van der Waals surface area contributed by atoms with E-state index < -0.39 is 0 Å². The van der Waals surface area contributed by atoms with E-state index in [1.54, 1.807) is 14.2 Å². The van der Waals surface area contributed by atoms with Crippen molar-refractivity contribution in [2.75, 3.05) is 20.7 Å². The molecule has 0 bridgehead atoms. The third-order valence-electron chi connectivity index (χ3n) is 2.82. The molecule has 90 valence electrons. The van der Waals surface area contributed by atoms with Crippen molar-refractivity contribution in [2.24, 2.45) is 7.05 Å². The Hall–Kier alpha value is -1.81. The number of hydrogen-bond donors (Lipinski definition) is 1. The van der Waals surface area contributed by atoms with Gasteiger partial charge in [0, 0.05) is 24.2 Å². The first kappa shape index (κ1) is 11.7. The number of Topliss-reactive ketones (excluding diaryl/α,β-unsaturated/α-hetero) is 1. The maximum absolute atomic E-state index is 12.0. The number of methoxy groups -OCH3 is 1. The van der Waals surface area contributed by atoms with E-state index in [1.807, 2.05) is 36.0 Å². The van der Waals surface area contributed by atoms with Crippen LogP contribution in [0, 0.1) is 0 Å². The van der Waals surface area contributed by atoms with Gasteiger partial charge in [-0.15, -0.1) is 0 Å². The second-order valence-electron chi connectivity index (χ2n) is 3.96. The summed E-state index contributed by atoms with van der Waals surface area (Å²) in [6.07, 6.45) is 1.85. The minimum atomic E-state index is 0.0892. The van der Waals surface area contributed by atoms with Crippen molar-refractivity contribution < 1.29 is 9.53 Å². The number of para-hydroxylation sites is 1. The number of rotatable bonds is 4. The molecule has 0 unspecified atom stereocenters. The lowest BCUT2D eigenvalue weighted by molar-refractivity contribution is 0.0995. The monoisotopic (exact) mass is 232 g/mol. The number of aromatic nitrogens is 1. The number of nitrogens with zero attached hydrogens (tertiary/aromatic N) is 1. The summed E-state index contributed by atoms with van der Waals surface area (Å²) in [5.41, 5.74) is 1.69. The van der Waals surface area contributed by atoms with Crippen molar-refractivity contribution in [3.8, 4) is 5.75 Å². The van der Waals surface area contributed by atoms with Crippen LogP contribution in [-0.4, -0.2) is 31.1 Å². The Morgan fingerprint density at radius 1 is 1.47 bits per heavy atom. The number of aryl methyl sites for hydroxylation is 1. The Balaban J connectivity index is 2.63. The van der Waals surface area contributed by atoms with Crippen LogP contribution in [0.15, 0.2) is 24.4 Å². The summed E-state index contributed by atoms with van der Waals surface area (Å²) in [5, 5.41) is 3.82. The Bertz CT molecular complexity index is 558. The Kier molecular flexibility index (Phi) is 3.15. The standard InChI is InChI=1S/C13H16N2O2/c1-14-7-11(16)10-8-15(2)13-9(10)5-4-6-12(13)17-3/h4-6,8,14H,7H2,1-3H3. The average molecular weight is 232 g/mol. The Morgan fingerprint density at radius 2 is 2.24 bits per heavy atom. The van der Waals surface area contributed by atoms with Crippen molar-refractivity contribution in [2.45, 2.75) is 0 Å². The predicted molar refractivity (Wildman–Crippen MR) is 67.7 cm³/mol. The number of hydrogen-bond acceptors (Lipinski definition) is 3. The van der Waals surface area contributed by atoms with Gasteiger partial charge in [-0.2, -0.15) is 0 Å². The van der Waals surface area contributed by atoms with Crippen LogP contribution in [0.4, 0.5) is 0 Å². The highest BCUT2D eigenvalue weighted by molar-refractivity contribution is 6.10. The lowest BCUT2D eigenvalue weighted by Gasteiger charge is -2.04. The van der Waals surface area contributed by atoms with Crippen LogP contribution in [0.5, 0.6) is 5.75 Å². The number of nitrogens with one attached hydrogen (secondary N) is 1. The van der Waals surface area contributed by atoms with Gasteiger partial charge >= 0.3 is 0 Å². The fraction of sp³-hybridized carbons (Fsp3) is 0.308. The summed E-state index contributed by atoms with van der Waals surface area (Å²) in [4.78, 5) is 12.0.